The van der Waals surface area contributed by atoms with Crippen molar-refractivity contribution in [1.82, 2.24) is 0 Å². The van der Waals surface area contributed by atoms with E-state index in [1.807, 2.05) is 18.2 Å². The second-order valence-electron chi connectivity index (χ2n) is 4.21. The highest BCUT2D eigenvalue weighted by atomic mass is 79.9. The predicted molar refractivity (Wildman–Crippen MR) is 79.3 cm³/mol. The van der Waals surface area contributed by atoms with Gasteiger partial charge in [-0.2, -0.15) is 0 Å². The standard InChI is InChI=1S/C15H15BrFNO2/c1-19-14-4-2-10(8-18)6-11(14)9-20-15-5-3-12(16)7-13(15)17/h2-7H,8-9,18H2,1H3. The molecule has 5 heteroatoms. The molecule has 20 heavy (non-hydrogen) atoms. The lowest BCUT2D eigenvalue weighted by Gasteiger charge is -2.12. The van der Waals surface area contributed by atoms with Gasteiger partial charge in [-0.1, -0.05) is 22.0 Å². The molecule has 0 aliphatic rings. The largest absolute Gasteiger partial charge is 0.496 e. The molecule has 0 unspecified atom stereocenters. The highest BCUT2D eigenvalue weighted by molar-refractivity contribution is 9.10. The minimum absolute atomic E-state index is 0.202. The Hall–Kier alpha value is -1.59. The third-order valence-electron chi connectivity index (χ3n) is 2.86. The number of hydrogen-bond acceptors (Lipinski definition) is 3. The van der Waals surface area contributed by atoms with Crippen LogP contribution in [0.2, 0.25) is 0 Å². The van der Waals surface area contributed by atoms with E-state index < -0.39 is 5.82 Å². The van der Waals surface area contributed by atoms with Crippen LogP contribution in [0.3, 0.4) is 0 Å². The summed E-state index contributed by atoms with van der Waals surface area (Å²) in [6.45, 7) is 0.652. The van der Waals surface area contributed by atoms with Gasteiger partial charge < -0.3 is 15.2 Å². The Morgan fingerprint density at radius 2 is 1.90 bits per heavy atom. The van der Waals surface area contributed by atoms with Gasteiger partial charge in [0, 0.05) is 16.6 Å². The molecule has 0 aliphatic carbocycles. The molecule has 3 nitrogen and oxygen atoms in total. The topological polar surface area (TPSA) is 44.5 Å². The Kier molecular flexibility index (Phi) is 4.98. The van der Waals surface area contributed by atoms with Crippen LogP contribution in [0.1, 0.15) is 11.1 Å². The van der Waals surface area contributed by atoms with Crippen LogP contribution in [0, 0.1) is 5.82 Å². The van der Waals surface area contributed by atoms with Crippen LogP contribution in [-0.4, -0.2) is 7.11 Å². The number of nitrogens with two attached hydrogens (primary N) is 1. The maximum absolute atomic E-state index is 13.7. The first kappa shape index (κ1) is 14.8. The Balaban J connectivity index is 2.17. The van der Waals surface area contributed by atoms with Crippen molar-refractivity contribution < 1.29 is 13.9 Å². The molecule has 0 bridgehead atoms. The summed E-state index contributed by atoms with van der Waals surface area (Å²) in [4.78, 5) is 0. The van der Waals surface area contributed by atoms with Crippen molar-refractivity contribution in [3.8, 4) is 11.5 Å². The normalized spacial score (nSPS) is 10.4. The van der Waals surface area contributed by atoms with E-state index in [0.29, 0.717) is 16.8 Å². The van der Waals surface area contributed by atoms with Crippen LogP contribution in [0.4, 0.5) is 4.39 Å². The molecule has 0 aromatic heterocycles. The summed E-state index contributed by atoms with van der Waals surface area (Å²) in [6.07, 6.45) is 0. The molecule has 2 rings (SSSR count). The zero-order valence-electron chi connectivity index (χ0n) is 11.0. The van der Waals surface area contributed by atoms with Crippen molar-refractivity contribution >= 4 is 15.9 Å². The number of hydrogen-bond donors (Lipinski definition) is 1. The maximum atomic E-state index is 13.7. The second-order valence-corrected chi connectivity index (χ2v) is 5.13. The van der Waals surface area contributed by atoms with Crippen LogP contribution in [0.25, 0.3) is 0 Å². The Bertz CT molecular complexity index is 604. The fourth-order valence-corrected chi connectivity index (χ4v) is 2.15. The van der Waals surface area contributed by atoms with Crippen molar-refractivity contribution in [2.75, 3.05) is 7.11 Å². The first-order chi connectivity index (χ1) is 9.63. The molecule has 0 radical (unpaired) electrons. The van der Waals surface area contributed by atoms with Gasteiger partial charge in [-0.05, 0) is 35.9 Å². The first-order valence-corrected chi connectivity index (χ1v) is 6.87. The van der Waals surface area contributed by atoms with Gasteiger partial charge in [0.05, 0.1) is 7.11 Å². The fourth-order valence-electron chi connectivity index (χ4n) is 1.82. The monoisotopic (exact) mass is 339 g/mol. The predicted octanol–water partition coefficient (Wildman–Crippen LogP) is 3.63. The Morgan fingerprint density at radius 1 is 1.15 bits per heavy atom. The molecule has 0 saturated heterocycles. The van der Waals surface area contributed by atoms with Crippen LogP contribution in [-0.2, 0) is 13.2 Å². The molecular weight excluding hydrogens is 325 g/mol. The van der Waals surface area contributed by atoms with Gasteiger partial charge in [0.15, 0.2) is 11.6 Å². The Labute approximate surface area is 125 Å². The van der Waals surface area contributed by atoms with Gasteiger partial charge in [0.1, 0.15) is 12.4 Å². The van der Waals surface area contributed by atoms with E-state index in [-0.39, 0.29) is 12.4 Å². The molecule has 0 spiro atoms. The van der Waals surface area contributed by atoms with E-state index in [1.165, 1.54) is 6.07 Å². The summed E-state index contributed by atoms with van der Waals surface area (Å²) >= 11 is 3.20. The van der Waals surface area contributed by atoms with Gasteiger partial charge in [-0.25, -0.2) is 4.39 Å². The lowest BCUT2D eigenvalue weighted by Crippen LogP contribution is -2.03. The number of halogens is 2. The highest BCUT2D eigenvalue weighted by Gasteiger charge is 2.08. The van der Waals surface area contributed by atoms with Crippen molar-refractivity contribution in [3.63, 3.8) is 0 Å². The van der Waals surface area contributed by atoms with Crippen LogP contribution in [0.5, 0.6) is 11.5 Å². The summed E-state index contributed by atoms with van der Waals surface area (Å²) in [7, 11) is 1.58. The summed E-state index contributed by atoms with van der Waals surface area (Å²) < 4.78 is 25.1. The first-order valence-electron chi connectivity index (χ1n) is 6.07. The van der Waals surface area contributed by atoms with Gasteiger partial charge in [-0.15, -0.1) is 0 Å². The van der Waals surface area contributed by atoms with Gasteiger partial charge in [0.2, 0.25) is 0 Å². The SMILES string of the molecule is COc1ccc(CN)cc1COc1ccc(Br)cc1F. The summed E-state index contributed by atoms with van der Waals surface area (Å²) in [5.41, 5.74) is 7.42. The van der Waals surface area contributed by atoms with Crippen molar-refractivity contribution in [2.45, 2.75) is 13.2 Å². The molecule has 2 aromatic rings. The number of rotatable bonds is 5. The van der Waals surface area contributed by atoms with E-state index in [1.54, 1.807) is 19.2 Å². The minimum atomic E-state index is -0.409. The van der Waals surface area contributed by atoms with E-state index >= 15 is 0 Å². The van der Waals surface area contributed by atoms with Crippen molar-refractivity contribution in [1.29, 1.82) is 0 Å². The molecule has 0 aliphatic heterocycles. The van der Waals surface area contributed by atoms with Gasteiger partial charge in [0.25, 0.3) is 0 Å². The lowest BCUT2D eigenvalue weighted by molar-refractivity contribution is 0.282. The molecular formula is C15H15BrFNO2. The summed E-state index contributed by atoms with van der Waals surface area (Å²) in [5, 5.41) is 0. The highest BCUT2D eigenvalue weighted by Crippen LogP contribution is 2.25. The molecule has 106 valence electrons. The lowest BCUT2D eigenvalue weighted by atomic mass is 10.1. The van der Waals surface area contributed by atoms with Gasteiger partial charge >= 0.3 is 0 Å². The molecule has 0 heterocycles. The quantitative estimate of drug-likeness (QED) is 0.904. The molecule has 2 N–H and O–H groups in total. The number of ether oxygens (including phenoxy) is 2. The van der Waals surface area contributed by atoms with Crippen LogP contribution >= 0.6 is 15.9 Å². The van der Waals surface area contributed by atoms with Crippen LogP contribution < -0.4 is 15.2 Å². The van der Waals surface area contributed by atoms with E-state index in [4.69, 9.17) is 15.2 Å². The molecule has 0 atom stereocenters. The zero-order valence-corrected chi connectivity index (χ0v) is 12.6. The number of benzene rings is 2. The molecule has 0 fully saturated rings. The number of methoxy groups -OCH3 is 1. The molecule has 0 saturated carbocycles. The smallest absolute Gasteiger partial charge is 0.166 e. The van der Waals surface area contributed by atoms with Crippen LogP contribution in [0.15, 0.2) is 40.9 Å². The minimum Gasteiger partial charge on any atom is -0.496 e. The third-order valence-corrected chi connectivity index (χ3v) is 3.35. The van der Waals surface area contributed by atoms with E-state index in [2.05, 4.69) is 15.9 Å². The van der Waals surface area contributed by atoms with E-state index in [9.17, 15) is 4.39 Å². The average molecular weight is 340 g/mol. The fraction of sp³-hybridized carbons (Fsp3) is 0.200. The second kappa shape index (κ2) is 6.72. The maximum Gasteiger partial charge on any atom is 0.166 e. The summed E-state index contributed by atoms with van der Waals surface area (Å²) in [5.74, 6) is 0.487. The Morgan fingerprint density at radius 3 is 2.55 bits per heavy atom. The molecule has 0 amide bonds. The van der Waals surface area contributed by atoms with Crippen molar-refractivity contribution in [3.05, 3.63) is 57.8 Å². The average Bonchev–Trinajstić information content (AvgIpc) is 2.46. The summed E-state index contributed by atoms with van der Waals surface area (Å²) in [6, 6.07) is 10.3. The third kappa shape index (κ3) is 3.49. The van der Waals surface area contributed by atoms with E-state index in [0.717, 1.165) is 11.1 Å². The molecule has 2 aromatic carbocycles. The zero-order chi connectivity index (χ0) is 14.5. The van der Waals surface area contributed by atoms with Crippen molar-refractivity contribution in [2.24, 2.45) is 5.73 Å². The van der Waals surface area contributed by atoms with Gasteiger partial charge in [-0.3, -0.25) is 0 Å².